The molecule has 0 saturated carbocycles. The Morgan fingerprint density at radius 1 is 1.19 bits per heavy atom. The quantitative estimate of drug-likeness (QED) is 0.782. The van der Waals surface area contributed by atoms with E-state index in [1.165, 1.54) is 36.0 Å². The predicted molar refractivity (Wildman–Crippen MR) is 85.1 cm³/mol. The van der Waals surface area contributed by atoms with Crippen molar-refractivity contribution in [1.82, 2.24) is 5.32 Å². The number of likely N-dealkylation sites (N-methyl/N-ethyl adjacent to an activating group) is 1. The number of hydrogen-bond donors (Lipinski definition) is 1. The minimum atomic E-state index is -0.254. The summed E-state index contributed by atoms with van der Waals surface area (Å²) in [4.78, 5) is 0.863. The largest absolute Gasteiger partial charge is 0.316 e. The van der Waals surface area contributed by atoms with Crippen LogP contribution >= 0.6 is 23.4 Å². The zero-order valence-electron chi connectivity index (χ0n) is 11.6. The molecule has 1 unspecified atom stereocenters. The molecule has 2 rings (SSSR count). The Labute approximate surface area is 132 Å². The Kier molecular flexibility index (Phi) is 6.03. The fraction of sp³-hybridized carbons (Fsp3) is 0.250. The molecule has 1 atom stereocenters. The predicted octanol–water partition coefficient (Wildman–Crippen LogP) is 4.54. The fourth-order valence-corrected chi connectivity index (χ4v) is 3.21. The third kappa shape index (κ3) is 4.99. The van der Waals surface area contributed by atoms with E-state index in [2.05, 4.69) is 5.32 Å². The fourth-order valence-electron chi connectivity index (χ4n) is 1.96. The van der Waals surface area contributed by atoms with Gasteiger partial charge in [-0.3, -0.25) is 0 Å². The van der Waals surface area contributed by atoms with Gasteiger partial charge >= 0.3 is 0 Å². The van der Waals surface area contributed by atoms with Gasteiger partial charge < -0.3 is 5.32 Å². The molecule has 1 nitrogen and oxygen atoms in total. The van der Waals surface area contributed by atoms with Gasteiger partial charge in [0.1, 0.15) is 11.6 Å². The van der Waals surface area contributed by atoms with E-state index in [1.807, 2.05) is 13.1 Å². The van der Waals surface area contributed by atoms with Crippen molar-refractivity contribution in [2.75, 3.05) is 12.8 Å². The van der Waals surface area contributed by atoms with Crippen LogP contribution in [0.3, 0.4) is 0 Å². The van der Waals surface area contributed by atoms with Crippen molar-refractivity contribution in [3.8, 4) is 0 Å². The van der Waals surface area contributed by atoms with Crippen LogP contribution in [0.2, 0.25) is 5.02 Å². The average Bonchev–Trinajstić information content (AvgIpc) is 2.47. The van der Waals surface area contributed by atoms with Crippen LogP contribution < -0.4 is 5.32 Å². The Bertz CT molecular complexity index is 607. The maximum atomic E-state index is 13.7. The van der Waals surface area contributed by atoms with E-state index in [1.54, 1.807) is 12.1 Å². The summed E-state index contributed by atoms with van der Waals surface area (Å²) in [7, 11) is 1.83. The van der Waals surface area contributed by atoms with E-state index in [-0.39, 0.29) is 17.7 Å². The second kappa shape index (κ2) is 7.78. The van der Waals surface area contributed by atoms with Gasteiger partial charge in [0, 0.05) is 21.7 Å². The molecule has 0 bridgehead atoms. The lowest BCUT2D eigenvalue weighted by atomic mass is 10.1. The van der Waals surface area contributed by atoms with Crippen LogP contribution in [-0.2, 0) is 6.42 Å². The van der Waals surface area contributed by atoms with Gasteiger partial charge in [-0.1, -0.05) is 17.7 Å². The molecule has 0 aliphatic heterocycles. The zero-order chi connectivity index (χ0) is 15.2. The molecule has 0 amide bonds. The minimum absolute atomic E-state index is 0.0752. The molecule has 112 valence electrons. The molecule has 21 heavy (non-hydrogen) atoms. The van der Waals surface area contributed by atoms with Crippen molar-refractivity contribution in [2.45, 2.75) is 17.4 Å². The smallest absolute Gasteiger partial charge is 0.126 e. The Morgan fingerprint density at radius 3 is 2.71 bits per heavy atom. The van der Waals surface area contributed by atoms with E-state index in [0.29, 0.717) is 22.8 Å². The first-order chi connectivity index (χ1) is 10.1. The molecular formula is C16H16ClF2NS. The van der Waals surface area contributed by atoms with Gasteiger partial charge in [-0.2, -0.15) is 0 Å². The summed E-state index contributed by atoms with van der Waals surface area (Å²) in [6, 6.07) is 11.1. The zero-order valence-corrected chi connectivity index (χ0v) is 13.1. The van der Waals surface area contributed by atoms with Crippen molar-refractivity contribution in [3.05, 3.63) is 64.7 Å². The first-order valence-electron chi connectivity index (χ1n) is 6.58. The van der Waals surface area contributed by atoms with Crippen molar-refractivity contribution in [3.63, 3.8) is 0 Å². The molecule has 0 aromatic heterocycles. The third-order valence-electron chi connectivity index (χ3n) is 3.13. The van der Waals surface area contributed by atoms with Gasteiger partial charge in [0.15, 0.2) is 0 Å². The first kappa shape index (κ1) is 16.3. The van der Waals surface area contributed by atoms with Crippen molar-refractivity contribution in [2.24, 2.45) is 0 Å². The number of benzene rings is 2. The van der Waals surface area contributed by atoms with Crippen LogP contribution in [0.4, 0.5) is 8.78 Å². The molecule has 0 radical (unpaired) electrons. The van der Waals surface area contributed by atoms with Crippen LogP contribution in [0, 0.1) is 11.6 Å². The molecule has 0 heterocycles. The number of hydrogen-bond acceptors (Lipinski definition) is 2. The first-order valence-corrected chi connectivity index (χ1v) is 7.94. The Balaban J connectivity index is 1.98. The van der Waals surface area contributed by atoms with E-state index in [9.17, 15) is 8.78 Å². The van der Waals surface area contributed by atoms with Crippen molar-refractivity contribution >= 4 is 23.4 Å². The summed E-state index contributed by atoms with van der Waals surface area (Å²) in [6.07, 6.45) is 0.533. The van der Waals surface area contributed by atoms with Gasteiger partial charge in [-0.25, -0.2) is 8.78 Å². The topological polar surface area (TPSA) is 12.0 Å². The van der Waals surface area contributed by atoms with E-state index in [0.717, 1.165) is 4.90 Å². The summed E-state index contributed by atoms with van der Waals surface area (Å²) < 4.78 is 26.9. The average molecular weight is 328 g/mol. The molecular weight excluding hydrogens is 312 g/mol. The highest BCUT2D eigenvalue weighted by Crippen LogP contribution is 2.22. The van der Waals surface area contributed by atoms with Crippen LogP contribution in [0.1, 0.15) is 5.56 Å². The monoisotopic (exact) mass is 327 g/mol. The summed E-state index contributed by atoms with van der Waals surface area (Å²) in [5.41, 5.74) is 0.585. The second-order valence-electron chi connectivity index (χ2n) is 4.69. The number of halogens is 3. The standard InChI is InChI=1S/C16H16ClF2NS/c1-20-14(8-11-7-12(17)5-6-16(11)19)10-21-15-4-2-3-13(18)9-15/h2-7,9,14,20H,8,10H2,1H3. The SMILES string of the molecule is CNC(CSc1cccc(F)c1)Cc1cc(Cl)ccc1F. The van der Waals surface area contributed by atoms with Crippen LogP contribution in [0.25, 0.3) is 0 Å². The molecule has 0 spiro atoms. The van der Waals surface area contributed by atoms with Crippen LogP contribution in [0.15, 0.2) is 47.4 Å². The number of nitrogens with one attached hydrogen (secondary N) is 1. The molecule has 0 saturated heterocycles. The molecule has 0 aliphatic carbocycles. The number of rotatable bonds is 6. The van der Waals surface area contributed by atoms with E-state index >= 15 is 0 Å². The minimum Gasteiger partial charge on any atom is -0.316 e. The molecule has 2 aromatic carbocycles. The molecule has 1 N–H and O–H groups in total. The lowest BCUT2D eigenvalue weighted by Gasteiger charge is -2.16. The molecule has 5 heteroatoms. The summed E-state index contributed by atoms with van der Waals surface area (Å²) in [5, 5.41) is 3.68. The maximum Gasteiger partial charge on any atom is 0.126 e. The van der Waals surface area contributed by atoms with E-state index in [4.69, 9.17) is 11.6 Å². The lowest BCUT2D eigenvalue weighted by Crippen LogP contribution is -2.30. The second-order valence-corrected chi connectivity index (χ2v) is 6.22. The third-order valence-corrected chi connectivity index (χ3v) is 4.52. The highest BCUT2D eigenvalue weighted by Gasteiger charge is 2.12. The maximum absolute atomic E-state index is 13.7. The van der Waals surface area contributed by atoms with Gasteiger partial charge in [0.05, 0.1) is 0 Å². The summed E-state index contributed by atoms with van der Waals surface area (Å²) in [6.45, 7) is 0. The summed E-state index contributed by atoms with van der Waals surface area (Å²) >= 11 is 7.44. The van der Waals surface area contributed by atoms with Gasteiger partial charge in [0.2, 0.25) is 0 Å². The van der Waals surface area contributed by atoms with Gasteiger partial charge in [-0.15, -0.1) is 11.8 Å². The van der Waals surface area contributed by atoms with Crippen molar-refractivity contribution < 1.29 is 8.78 Å². The van der Waals surface area contributed by atoms with E-state index < -0.39 is 0 Å². The van der Waals surface area contributed by atoms with Gasteiger partial charge in [0.25, 0.3) is 0 Å². The lowest BCUT2D eigenvalue weighted by molar-refractivity contribution is 0.568. The van der Waals surface area contributed by atoms with Crippen LogP contribution in [-0.4, -0.2) is 18.8 Å². The molecule has 2 aromatic rings. The highest BCUT2D eigenvalue weighted by atomic mass is 35.5. The summed E-state index contributed by atoms with van der Waals surface area (Å²) in [5.74, 6) is 0.212. The highest BCUT2D eigenvalue weighted by molar-refractivity contribution is 7.99. The molecule has 0 aliphatic rings. The van der Waals surface area contributed by atoms with Gasteiger partial charge in [-0.05, 0) is 55.4 Å². The molecule has 0 fully saturated rings. The Hall–Kier alpha value is -1.10. The Morgan fingerprint density at radius 2 is 2.00 bits per heavy atom. The number of thioether (sulfide) groups is 1. The normalized spacial score (nSPS) is 12.4. The van der Waals surface area contributed by atoms with Crippen LogP contribution in [0.5, 0.6) is 0 Å². The van der Waals surface area contributed by atoms with Crippen molar-refractivity contribution in [1.29, 1.82) is 0 Å².